The zero-order valence-corrected chi connectivity index (χ0v) is 38.4. The van der Waals surface area contributed by atoms with Gasteiger partial charge in [-0.3, -0.25) is 9.59 Å². The standard InChI is InChI=1S/C50H89NO10/c1-3-5-7-9-11-13-14-18-22-26-30-34-38-46(55)59-39-35-31-27-23-19-16-15-17-21-25-29-33-37-45(54)51-42(43(53)36-32-28-24-20-12-10-8-6-4-2)41-60-50-49(58)48(57)47(56)44(40-52)61-50/h4,6,12,16,19-20,32,36,42-44,47-50,52-53,56-58H,3,5,7-11,13-15,17-18,21-31,33-35,37-41H2,1-2H3,(H,51,54)/b6-4+,19-16-,20-12+,36-32+. The van der Waals surface area contributed by atoms with Gasteiger partial charge in [0.15, 0.2) is 6.29 Å². The molecule has 1 aliphatic rings. The first-order valence-corrected chi connectivity index (χ1v) is 24.4. The molecule has 1 saturated heterocycles. The number of aliphatic hydroxyl groups is 5. The molecule has 1 aliphatic heterocycles. The van der Waals surface area contributed by atoms with E-state index in [9.17, 15) is 35.1 Å². The maximum absolute atomic E-state index is 12.9. The van der Waals surface area contributed by atoms with Gasteiger partial charge < -0.3 is 45.1 Å². The molecular weight excluding hydrogens is 775 g/mol. The van der Waals surface area contributed by atoms with Crippen molar-refractivity contribution in [3.05, 3.63) is 48.6 Å². The van der Waals surface area contributed by atoms with E-state index < -0.39 is 49.5 Å². The van der Waals surface area contributed by atoms with E-state index in [0.717, 1.165) is 89.9 Å². The molecule has 0 aromatic heterocycles. The van der Waals surface area contributed by atoms with Gasteiger partial charge in [-0.15, -0.1) is 0 Å². The molecule has 0 aromatic carbocycles. The second-order valence-electron chi connectivity index (χ2n) is 16.8. The van der Waals surface area contributed by atoms with Crippen LogP contribution in [-0.2, 0) is 23.8 Å². The summed E-state index contributed by atoms with van der Waals surface area (Å²) in [5.41, 5.74) is 0. The Morgan fingerprint density at radius 2 is 1.13 bits per heavy atom. The van der Waals surface area contributed by atoms with Gasteiger partial charge in [0.05, 0.1) is 32.0 Å². The van der Waals surface area contributed by atoms with Crippen LogP contribution >= 0.6 is 0 Å². The van der Waals surface area contributed by atoms with Crippen molar-refractivity contribution in [1.82, 2.24) is 5.32 Å². The van der Waals surface area contributed by atoms with Gasteiger partial charge in [-0.1, -0.05) is 145 Å². The van der Waals surface area contributed by atoms with E-state index in [4.69, 9.17) is 14.2 Å². The zero-order chi connectivity index (χ0) is 44.6. The van der Waals surface area contributed by atoms with Gasteiger partial charge in [-0.2, -0.15) is 0 Å². The predicted octanol–water partition coefficient (Wildman–Crippen LogP) is 9.38. The second kappa shape index (κ2) is 40.4. The van der Waals surface area contributed by atoms with E-state index in [-0.39, 0.29) is 18.5 Å². The van der Waals surface area contributed by atoms with Crippen molar-refractivity contribution in [2.24, 2.45) is 0 Å². The maximum Gasteiger partial charge on any atom is 0.305 e. The molecule has 1 amide bonds. The lowest BCUT2D eigenvalue weighted by Gasteiger charge is -2.40. The van der Waals surface area contributed by atoms with Crippen LogP contribution in [0.4, 0.5) is 0 Å². The van der Waals surface area contributed by atoms with Crippen LogP contribution in [0.5, 0.6) is 0 Å². The highest BCUT2D eigenvalue weighted by Gasteiger charge is 2.44. The average molecular weight is 864 g/mol. The molecule has 0 aromatic rings. The van der Waals surface area contributed by atoms with Gasteiger partial charge >= 0.3 is 5.97 Å². The lowest BCUT2D eigenvalue weighted by atomic mass is 9.99. The molecule has 0 aliphatic carbocycles. The van der Waals surface area contributed by atoms with Crippen molar-refractivity contribution in [3.63, 3.8) is 0 Å². The van der Waals surface area contributed by atoms with E-state index in [1.807, 2.05) is 19.1 Å². The summed E-state index contributed by atoms with van der Waals surface area (Å²) in [6, 6.07) is -0.851. The lowest BCUT2D eigenvalue weighted by molar-refractivity contribution is -0.302. The van der Waals surface area contributed by atoms with E-state index in [1.165, 1.54) is 64.2 Å². The summed E-state index contributed by atoms with van der Waals surface area (Å²) in [6.07, 6.45) is 37.9. The van der Waals surface area contributed by atoms with Crippen LogP contribution in [0.2, 0.25) is 0 Å². The molecule has 11 nitrogen and oxygen atoms in total. The average Bonchev–Trinajstić information content (AvgIpc) is 3.25. The topological polar surface area (TPSA) is 175 Å². The Bertz CT molecular complexity index is 1160. The lowest BCUT2D eigenvalue weighted by Crippen LogP contribution is -2.60. The number of unbranched alkanes of at least 4 members (excludes halogenated alkanes) is 21. The third-order valence-electron chi connectivity index (χ3n) is 11.2. The highest BCUT2D eigenvalue weighted by atomic mass is 16.7. The minimum Gasteiger partial charge on any atom is -0.466 e. The Morgan fingerprint density at radius 1 is 0.623 bits per heavy atom. The fourth-order valence-corrected chi connectivity index (χ4v) is 7.29. The smallest absolute Gasteiger partial charge is 0.305 e. The number of allylic oxidation sites excluding steroid dienone is 7. The minimum absolute atomic E-state index is 0.0496. The number of hydrogen-bond acceptors (Lipinski definition) is 10. The fourth-order valence-electron chi connectivity index (χ4n) is 7.29. The van der Waals surface area contributed by atoms with E-state index in [2.05, 4.69) is 42.6 Å². The molecule has 7 unspecified atom stereocenters. The summed E-state index contributed by atoms with van der Waals surface area (Å²) in [7, 11) is 0. The van der Waals surface area contributed by atoms with Gasteiger partial charge in [0.1, 0.15) is 24.4 Å². The van der Waals surface area contributed by atoms with Gasteiger partial charge in [0.2, 0.25) is 5.91 Å². The van der Waals surface area contributed by atoms with Crippen molar-refractivity contribution < 1.29 is 49.3 Å². The fraction of sp³-hybridized carbons (Fsp3) is 0.800. The molecular formula is C50H89NO10. The first-order chi connectivity index (χ1) is 29.7. The van der Waals surface area contributed by atoms with Gasteiger partial charge in [-0.25, -0.2) is 0 Å². The van der Waals surface area contributed by atoms with Crippen molar-refractivity contribution >= 4 is 11.9 Å². The van der Waals surface area contributed by atoms with E-state index >= 15 is 0 Å². The number of hydrogen-bond donors (Lipinski definition) is 6. The van der Waals surface area contributed by atoms with Crippen LogP contribution in [-0.4, -0.2) is 100 Å². The molecule has 1 rings (SSSR count). The van der Waals surface area contributed by atoms with Crippen LogP contribution < -0.4 is 5.32 Å². The van der Waals surface area contributed by atoms with Crippen molar-refractivity contribution in [2.45, 2.75) is 236 Å². The number of nitrogens with one attached hydrogen (secondary N) is 1. The first-order valence-electron chi connectivity index (χ1n) is 24.4. The molecule has 1 fully saturated rings. The molecule has 0 bridgehead atoms. The quantitative estimate of drug-likeness (QED) is 0.0198. The third kappa shape index (κ3) is 31.2. The van der Waals surface area contributed by atoms with Crippen molar-refractivity contribution in [3.8, 4) is 0 Å². The predicted molar refractivity (Wildman–Crippen MR) is 246 cm³/mol. The monoisotopic (exact) mass is 864 g/mol. The Balaban J connectivity index is 2.19. The van der Waals surface area contributed by atoms with E-state index in [0.29, 0.717) is 32.3 Å². The Kier molecular flexibility index (Phi) is 37.5. The second-order valence-corrected chi connectivity index (χ2v) is 16.8. The van der Waals surface area contributed by atoms with Gasteiger partial charge in [-0.05, 0) is 84.0 Å². The van der Waals surface area contributed by atoms with Gasteiger partial charge in [0, 0.05) is 12.8 Å². The number of carbonyl (C=O) groups is 2. The molecule has 6 N–H and O–H groups in total. The van der Waals surface area contributed by atoms with Crippen LogP contribution in [0.25, 0.3) is 0 Å². The van der Waals surface area contributed by atoms with Crippen LogP contribution in [0.3, 0.4) is 0 Å². The molecule has 61 heavy (non-hydrogen) atoms. The van der Waals surface area contributed by atoms with E-state index in [1.54, 1.807) is 6.08 Å². The summed E-state index contributed by atoms with van der Waals surface area (Å²) in [6.45, 7) is 3.97. The number of rotatable bonds is 40. The summed E-state index contributed by atoms with van der Waals surface area (Å²) in [5, 5.41) is 53.9. The summed E-state index contributed by atoms with van der Waals surface area (Å²) < 4.78 is 16.6. The van der Waals surface area contributed by atoms with Crippen molar-refractivity contribution in [2.75, 3.05) is 19.8 Å². The summed E-state index contributed by atoms with van der Waals surface area (Å²) in [4.78, 5) is 24.9. The Morgan fingerprint density at radius 3 is 1.72 bits per heavy atom. The largest absolute Gasteiger partial charge is 0.466 e. The van der Waals surface area contributed by atoms with Crippen LogP contribution in [0.1, 0.15) is 194 Å². The number of ether oxygens (including phenoxy) is 3. The molecule has 0 spiro atoms. The number of esters is 1. The molecule has 11 heteroatoms. The molecule has 0 radical (unpaired) electrons. The number of carbonyl (C=O) groups excluding carboxylic acids is 2. The summed E-state index contributed by atoms with van der Waals surface area (Å²) >= 11 is 0. The molecule has 1 heterocycles. The number of amides is 1. The van der Waals surface area contributed by atoms with Crippen LogP contribution in [0.15, 0.2) is 48.6 Å². The van der Waals surface area contributed by atoms with Gasteiger partial charge in [0.25, 0.3) is 0 Å². The highest BCUT2D eigenvalue weighted by Crippen LogP contribution is 2.22. The Hall–Kier alpha value is -2.38. The molecule has 7 atom stereocenters. The molecule has 0 saturated carbocycles. The third-order valence-corrected chi connectivity index (χ3v) is 11.2. The van der Waals surface area contributed by atoms with Crippen LogP contribution in [0, 0.1) is 0 Å². The minimum atomic E-state index is -1.59. The zero-order valence-electron chi connectivity index (χ0n) is 38.4. The number of aliphatic hydroxyl groups excluding tert-OH is 5. The summed E-state index contributed by atoms with van der Waals surface area (Å²) in [5.74, 6) is -0.277. The highest BCUT2D eigenvalue weighted by molar-refractivity contribution is 5.76. The van der Waals surface area contributed by atoms with Crippen molar-refractivity contribution in [1.29, 1.82) is 0 Å². The molecule has 354 valence electrons. The maximum atomic E-state index is 12.9. The SMILES string of the molecule is C/C=C/CC/C=C/CC/C=C/C(O)C(COC1OC(CO)C(O)C(O)C1O)NC(=O)CCCCCCC/C=C\CCCCCOC(=O)CCCCCCCCCCCCCC. The first kappa shape index (κ1) is 56.6. The normalized spacial score (nSPS) is 20.7. The Labute approximate surface area is 370 Å².